The number of aromatic nitrogens is 2. The van der Waals surface area contributed by atoms with Crippen molar-refractivity contribution < 1.29 is 46.1 Å². The average molecular weight is 1690 g/mol. The van der Waals surface area contributed by atoms with Crippen LogP contribution >= 0.6 is 23.2 Å². The van der Waals surface area contributed by atoms with E-state index < -0.39 is 48.0 Å². The summed E-state index contributed by atoms with van der Waals surface area (Å²) in [6.45, 7) is 51.1. The second-order valence-corrected chi connectivity index (χ2v) is 33.3. The van der Waals surface area contributed by atoms with Crippen LogP contribution in [0, 0.1) is 111 Å². The Morgan fingerprint density at radius 3 is 0.827 bits per heavy atom. The normalized spacial score (nSPS) is 11.0. The van der Waals surface area contributed by atoms with Crippen molar-refractivity contribution in [3.05, 3.63) is 314 Å². The number of hydrogen-bond acceptors (Lipinski definition) is 4. The van der Waals surface area contributed by atoms with Gasteiger partial charge in [0, 0.05) is 0 Å². The van der Waals surface area contributed by atoms with E-state index in [9.17, 15) is 10.2 Å². The predicted molar refractivity (Wildman–Crippen MR) is 416 cm³/mol. The molecule has 0 aliphatic carbocycles. The van der Waals surface area contributed by atoms with Gasteiger partial charge in [-0.1, -0.05) is 123 Å². The fraction of sp³-hybridized carbons (Fsp3) is 0.341. The molecule has 10 rings (SSSR count). The minimum absolute atomic E-state index is 0.0309. The fourth-order valence-electron chi connectivity index (χ4n) is 12.5. The number of halogens is 2. The van der Waals surface area contributed by atoms with E-state index in [2.05, 4.69) is 282 Å². The molecule has 0 unspecified atom stereocenters. The number of aliphatic hydroxyl groups excluding tert-OH is 2. The molecule has 0 radical (unpaired) electrons. The Morgan fingerprint density at radius 1 is 0.347 bits per heavy atom. The first-order chi connectivity index (χ1) is 46.0. The number of hydrogen-bond donors (Lipinski definition) is 2. The van der Waals surface area contributed by atoms with Crippen molar-refractivity contribution in [3.8, 4) is 0 Å². The summed E-state index contributed by atoms with van der Waals surface area (Å²) in [5.41, 5.74) is 30.5. The average Bonchev–Trinajstić information content (AvgIpc) is 0.883. The van der Waals surface area contributed by atoms with Gasteiger partial charge >= 0.3 is 294 Å². The van der Waals surface area contributed by atoms with Crippen LogP contribution in [0.3, 0.4) is 0 Å². The molecule has 0 saturated heterocycles. The molecule has 8 aromatic carbocycles. The SMILES string of the molecule is CC(C)([CH]=[W]=[N]c1c(Cl)cccc1Cl)c1ccccc1.CC(C)c1cccc(C(C)C)c1[N]=[W]=[CH]C(C)(C)c1ccccc1.Cc1cc(C)c(C(O)c2c(C)cc(C)cc2C)c(C)c1.Cc1cc(C)c(C(O)c2c(C)cc(C)cc2C)c(C)c1.Cc1ccc(C)[n-]1.Cc1ccc(C)[n-]1. The van der Waals surface area contributed by atoms with Crippen LogP contribution in [0.25, 0.3) is 0 Å². The molecule has 10 heteroatoms. The Morgan fingerprint density at radius 2 is 0.592 bits per heavy atom. The second-order valence-electron chi connectivity index (χ2n) is 28.0. The van der Waals surface area contributed by atoms with Gasteiger partial charge in [0.25, 0.3) is 0 Å². The van der Waals surface area contributed by atoms with Crippen LogP contribution in [0.5, 0.6) is 0 Å². The molecular formula is C88H108Cl2N4O2W2-2. The molecule has 0 aliphatic heterocycles. The number of aliphatic hydroxyl groups is 2. The molecule has 2 heterocycles. The molecule has 0 amide bonds. The van der Waals surface area contributed by atoms with Crippen molar-refractivity contribution in [1.82, 2.24) is 9.97 Å². The Hall–Kier alpha value is -6.46. The van der Waals surface area contributed by atoms with Crippen molar-refractivity contribution in [2.45, 2.75) is 201 Å². The minimum Gasteiger partial charge on any atom is -0.665 e. The third kappa shape index (κ3) is 24.4. The van der Waals surface area contributed by atoms with Crippen LogP contribution in [0.4, 0.5) is 11.4 Å². The fourth-order valence-corrected chi connectivity index (χ4v) is 18.8. The summed E-state index contributed by atoms with van der Waals surface area (Å²) in [5, 5.41) is 23.1. The predicted octanol–water partition coefficient (Wildman–Crippen LogP) is 24.0. The number of rotatable bonds is 12. The van der Waals surface area contributed by atoms with E-state index in [4.69, 9.17) is 26.7 Å². The Kier molecular flexibility index (Phi) is 32.2. The molecule has 98 heavy (non-hydrogen) atoms. The maximum atomic E-state index is 10.9. The summed E-state index contributed by atoms with van der Waals surface area (Å²) in [4.78, 5) is 8.22. The van der Waals surface area contributed by atoms with E-state index in [1.807, 2.05) is 76.2 Å². The van der Waals surface area contributed by atoms with Crippen LogP contribution in [0.15, 0.2) is 177 Å². The van der Waals surface area contributed by atoms with E-state index in [0.29, 0.717) is 21.9 Å². The molecule has 520 valence electrons. The molecule has 0 atom stereocenters. The summed E-state index contributed by atoms with van der Waals surface area (Å²) >= 11 is 10.3. The van der Waals surface area contributed by atoms with Gasteiger partial charge in [-0.25, -0.2) is 0 Å². The van der Waals surface area contributed by atoms with Crippen molar-refractivity contribution in [1.29, 1.82) is 0 Å². The Labute approximate surface area is 616 Å². The maximum absolute atomic E-state index is 10.9. The quantitative estimate of drug-likeness (QED) is 0.127. The Balaban J connectivity index is 0.000000221. The van der Waals surface area contributed by atoms with Crippen LogP contribution in [-0.4, -0.2) is 19.0 Å². The monoisotopic (exact) mass is 1690 g/mol. The van der Waals surface area contributed by atoms with Crippen LogP contribution in [-0.2, 0) is 46.7 Å². The molecule has 2 N–H and O–H groups in total. The molecule has 10 aromatic rings. The molecule has 0 fully saturated rings. The van der Waals surface area contributed by atoms with E-state index in [-0.39, 0.29) is 10.8 Å². The molecular weight excluding hydrogens is 1580 g/mol. The summed E-state index contributed by atoms with van der Waals surface area (Å²) < 4.78 is 14.7. The van der Waals surface area contributed by atoms with Gasteiger partial charge in [0.15, 0.2) is 0 Å². The number of aryl methyl sites for hydroxylation is 16. The van der Waals surface area contributed by atoms with Crippen molar-refractivity contribution >= 4 is 43.4 Å². The molecule has 0 saturated carbocycles. The van der Waals surface area contributed by atoms with Crippen LogP contribution < -0.4 is 9.97 Å². The molecule has 6 nitrogen and oxygen atoms in total. The van der Waals surface area contributed by atoms with E-state index in [1.54, 1.807) is 0 Å². The number of nitrogens with zero attached hydrogens (tertiary/aromatic N) is 4. The first-order valence-electron chi connectivity index (χ1n) is 33.9. The summed E-state index contributed by atoms with van der Waals surface area (Å²) in [5.74, 6) is 1.03. The topological polar surface area (TPSA) is 93.4 Å². The molecule has 2 aromatic heterocycles. The van der Waals surface area contributed by atoms with Gasteiger partial charge in [0.1, 0.15) is 12.2 Å². The van der Waals surface area contributed by atoms with Crippen molar-refractivity contribution in [3.63, 3.8) is 0 Å². The van der Waals surface area contributed by atoms with Gasteiger partial charge in [0.05, 0.1) is 0 Å². The largest absolute Gasteiger partial charge is 0.665 e. The van der Waals surface area contributed by atoms with Crippen LogP contribution in [0.2, 0.25) is 10.0 Å². The maximum Gasteiger partial charge on any atom is 0.105 e. The van der Waals surface area contributed by atoms with Crippen molar-refractivity contribution in [2.24, 2.45) is 6.99 Å². The van der Waals surface area contributed by atoms with E-state index in [0.717, 1.165) is 95.2 Å². The van der Waals surface area contributed by atoms with E-state index in [1.165, 1.54) is 50.2 Å². The van der Waals surface area contributed by atoms with Crippen LogP contribution in [0.1, 0.15) is 213 Å². The van der Waals surface area contributed by atoms with Gasteiger partial charge in [0.2, 0.25) is 0 Å². The third-order valence-electron chi connectivity index (χ3n) is 17.2. The third-order valence-corrected chi connectivity index (χ3v) is 24.9. The summed E-state index contributed by atoms with van der Waals surface area (Å²) in [6.07, 6.45) is -1.09. The van der Waals surface area contributed by atoms with Gasteiger partial charge < -0.3 is 20.2 Å². The second kappa shape index (κ2) is 38.4. The first kappa shape index (κ1) is 82.2. The number of benzene rings is 8. The Bertz CT molecular complexity index is 3940. The van der Waals surface area contributed by atoms with Gasteiger partial charge in [-0.2, -0.15) is 22.8 Å². The van der Waals surface area contributed by atoms with Crippen molar-refractivity contribution in [2.75, 3.05) is 0 Å². The van der Waals surface area contributed by atoms with Gasteiger partial charge in [-0.15, -0.1) is 0 Å². The zero-order valence-corrected chi connectivity index (χ0v) is 70.3. The smallest absolute Gasteiger partial charge is 0.105 e. The minimum atomic E-state index is -1.01. The summed E-state index contributed by atoms with van der Waals surface area (Å²) in [6, 6.07) is 58.6. The zero-order valence-electron chi connectivity index (χ0n) is 62.9. The first-order valence-corrected chi connectivity index (χ1v) is 40.7. The molecule has 0 spiro atoms. The molecule has 0 aliphatic rings. The van der Waals surface area contributed by atoms with Gasteiger partial charge in [-0.3, -0.25) is 0 Å². The summed E-state index contributed by atoms with van der Waals surface area (Å²) in [7, 11) is 0. The zero-order chi connectivity index (χ0) is 72.9. The molecule has 0 bridgehead atoms. The standard InChI is InChI=1S/2C19H24O.C12H17N.2C10H12.C6H3Cl2N.2C6H8N.2W/c2*1-11-7-13(3)17(14(4)8-11)19(20)18-15(5)9-12(2)10-16(18)6;1-8(2)10-6-5-7-11(9(3)4)12(10)13;2*1-10(2,3)9-7-5-4-6-8-9;7-4-2-1-3-5(8)6(4)9;2*1-5-3-4-6(2)7-5;;/h2*7-10,19-20H,1-6H3;5-9H,1-4H3;2*1,4-8H,2-3H3;1-3H;2*3-4H,1-2H3;;/q;;;;;;2*-1;;. The van der Waals surface area contributed by atoms with Gasteiger partial charge in [-0.05, 0) is 150 Å². The van der Waals surface area contributed by atoms with E-state index >= 15 is 0 Å².